The minimum Gasteiger partial charge on any atom is -0.508 e. The van der Waals surface area contributed by atoms with Crippen LogP contribution in [0.4, 0.5) is 14.6 Å². The van der Waals surface area contributed by atoms with Crippen LogP contribution in [0.15, 0.2) is 60.7 Å². The van der Waals surface area contributed by atoms with Crippen LogP contribution >= 0.6 is 0 Å². The average Bonchev–Trinajstić information content (AvgIpc) is 3.66. The Labute approximate surface area is 276 Å². The molecule has 8 rings (SSSR count). The topological polar surface area (TPSA) is 107 Å². The summed E-state index contributed by atoms with van der Waals surface area (Å²) >= 11 is 0. The molecule has 3 fully saturated rings. The molecule has 11 heteroatoms. The average molecular weight is 649 g/mol. The third kappa shape index (κ3) is 5.41. The highest BCUT2D eigenvalue weighted by Gasteiger charge is 2.35. The second kappa shape index (κ2) is 12.2. The Morgan fingerprint density at radius 1 is 0.979 bits per heavy atom. The smallest absolute Gasteiger partial charge is 0.319 e. The SMILES string of the molecule is CN1CCC[C@H]1COc1nc(N2C[C@H]3CC[C@@H](C2)N3)c2cc(Oc3cccc(F)c3C#N)c(-c3cc(O)cc4ccccc34)c(F)c2n1. The first-order valence-electron chi connectivity index (χ1n) is 16.3. The van der Waals surface area contributed by atoms with E-state index < -0.39 is 11.6 Å². The number of benzene rings is 4. The summed E-state index contributed by atoms with van der Waals surface area (Å²) in [5, 5.41) is 25.9. The first-order valence-corrected chi connectivity index (χ1v) is 16.3. The predicted molar refractivity (Wildman–Crippen MR) is 179 cm³/mol. The van der Waals surface area contributed by atoms with E-state index in [1.165, 1.54) is 24.3 Å². The van der Waals surface area contributed by atoms with Crippen LogP contribution < -0.4 is 19.7 Å². The van der Waals surface area contributed by atoms with E-state index in [9.17, 15) is 14.8 Å². The van der Waals surface area contributed by atoms with Crippen LogP contribution in [0.5, 0.6) is 23.3 Å². The predicted octanol–water partition coefficient (Wildman–Crippen LogP) is 6.51. The monoisotopic (exact) mass is 648 g/mol. The van der Waals surface area contributed by atoms with Crippen LogP contribution in [0, 0.1) is 23.0 Å². The molecule has 3 aliphatic heterocycles. The maximum Gasteiger partial charge on any atom is 0.319 e. The maximum atomic E-state index is 17.4. The van der Waals surface area contributed by atoms with Gasteiger partial charge < -0.3 is 29.7 Å². The number of fused-ring (bicyclic) bond motifs is 4. The Morgan fingerprint density at radius 3 is 2.56 bits per heavy atom. The molecule has 3 saturated heterocycles. The second-order valence-electron chi connectivity index (χ2n) is 13.0. The van der Waals surface area contributed by atoms with E-state index in [0.29, 0.717) is 47.2 Å². The largest absolute Gasteiger partial charge is 0.508 e. The highest BCUT2D eigenvalue weighted by molar-refractivity contribution is 6.03. The van der Waals surface area contributed by atoms with Gasteiger partial charge in [0.1, 0.15) is 52.6 Å². The first-order chi connectivity index (χ1) is 23.4. The minimum absolute atomic E-state index is 0.00857. The molecule has 3 aliphatic rings. The molecule has 4 aromatic carbocycles. The number of piperazine rings is 1. The quantitative estimate of drug-likeness (QED) is 0.204. The van der Waals surface area contributed by atoms with Gasteiger partial charge in [-0.05, 0) is 85.9 Å². The van der Waals surface area contributed by atoms with Crippen LogP contribution in [0.3, 0.4) is 0 Å². The van der Waals surface area contributed by atoms with Gasteiger partial charge in [-0.1, -0.05) is 30.3 Å². The Kier molecular flexibility index (Phi) is 7.70. The molecule has 2 bridgehead atoms. The molecule has 0 radical (unpaired) electrons. The summed E-state index contributed by atoms with van der Waals surface area (Å²) in [6.07, 6.45) is 4.15. The lowest BCUT2D eigenvalue weighted by Crippen LogP contribution is -2.51. The van der Waals surface area contributed by atoms with Crippen LogP contribution in [-0.2, 0) is 0 Å². The van der Waals surface area contributed by atoms with E-state index in [-0.39, 0.29) is 58.0 Å². The molecule has 0 spiro atoms. The van der Waals surface area contributed by atoms with Crippen molar-refractivity contribution >= 4 is 27.5 Å². The van der Waals surface area contributed by atoms with E-state index in [4.69, 9.17) is 14.5 Å². The summed E-state index contributed by atoms with van der Waals surface area (Å²) in [5.41, 5.74) is 0.0929. The van der Waals surface area contributed by atoms with Gasteiger partial charge in [-0.2, -0.15) is 15.2 Å². The fraction of sp³-hybridized carbons (Fsp3) is 0.324. The maximum absolute atomic E-state index is 17.4. The molecular weight excluding hydrogens is 614 g/mol. The minimum atomic E-state index is -0.754. The summed E-state index contributed by atoms with van der Waals surface area (Å²) in [7, 11) is 2.06. The standard InChI is InChI=1S/C37H34F2N6O3/c1-44-13-5-7-24(44)20-47-37-42-35-28(36(43-37)45-18-22-11-12-23(19-45)41-22)16-32(48-31-10-4-9-30(38)29(31)17-40)33(34(35)39)27-15-25(46)14-21-6-2-3-8-26(21)27/h2-4,6,8-10,14-16,22-24,41,46H,5,7,11-13,18-20H2,1H3/t22-,23+,24-/m0/s1. The molecule has 2 N–H and O–H groups in total. The number of nitrogens with one attached hydrogen (secondary N) is 1. The van der Waals surface area contributed by atoms with Gasteiger partial charge in [0.25, 0.3) is 0 Å². The first kappa shape index (κ1) is 30.3. The summed E-state index contributed by atoms with van der Waals surface area (Å²) in [6, 6.07) is 18.8. The molecule has 244 valence electrons. The molecule has 0 aliphatic carbocycles. The fourth-order valence-electron chi connectivity index (χ4n) is 7.45. The zero-order valence-corrected chi connectivity index (χ0v) is 26.4. The summed E-state index contributed by atoms with van der Waals surface area (Å²) in [5.74, 6) is -1.05. The summed E-state index contributed by atoms with van der Waals surface area (Å²) in [6.45, 7) is 2.70. The van der Waals surface area contributed by atoms with E-state index >= 15 is 4.39 Å². The van der Waals surface area contributed by atoms with Gasteiger partial charge in [0, 0.05) is 36.6 Å². The molecule has 0 amide bonds. The number of halogens is 2. The second-order valence-corrected chi connectivity index (χ2v) is 13.0. The molecule has 1 aromatic heterocycles. The van der Waals surface area contributed by atoms with Crippen LogP contribution in [0.25, 0.3) is 32.8 Å². The third-order valence-electron chi connectivity index (χ3n) is 9.87. The van der Waals surface area contributed by atoms with Crippen molar-refractivity contribution in [3.05, 3.63) is 77.9 Å². The number of hydrogen-bond donors (Lipinski definition) is 2. The third-order valence-corrected chi connectivity index (χ3v) is 9.87. The number of phenolic OH excluding ortho intramolecular Hbond substituents is 1. The number of likely N-dealkylation sites (N-methyl/N-ethyl adjacent to an activating group) is 1. The zero-order chi connectivity index (χ0) is 32.9. The number of nitriles is 1. The van der Waals surface area contributed by atoms with Gasteiger partial charge >= 0.3 is 6.01 Å². The van der Waals surface area contributed by atoms with Crippen molar-refractivity contribution in [1.29, 1.82) is 5.26 Å². The number of aromatic nitrogens is 2. The van der Waals surface area contributed by atoms with Crippen molar-refractivity contribution < 1.29 is 23.4 Å². The fourth-order valence-corrected chi connectivity index (χ4v) is 7.45. The lowest BCUT2D eigenvalue weighted by Gasteiger charge is -2.34. The molecule has 5 aromatic rings. The molecule has 9 nitrogen and oxygen atoms in total. The van der Waals surface area contributed by atoms with Crippen molar-refractivity contribution in [2.75, 3.05) is 38.2 Å². The summed E-state index contributed by atoms with van der Waals surface area (Å²) in [4.78, 5) is 13.9. The number of hydrogen-bond acceptors (Lipinski definition) is 9. The van der Waals surface area contributed by atoms with Gasteiger partial charge in [0.2, 0.25) is 0 Å². The van der Waals surface area contributed by atoms with E-state index in [1.807, 2.05) is 30.3 Å². The zero-order valence-electron chi connectivity index (χ0n) is 26.4. The van der Waals surface area contributed by atoms with Gasteiger partial charge in [0.15, 0.2) is 5.82 Å². The molecule has 0 saturated carbocycles. The van der Waals surface area contributed by atoms with Crippen molar-refractivity contribution in [2.45, 2.75) is 43.8 Å². The molecular formula is C37H34F2N6O3. The van der Waals surface area contributed by atoms with Gasteiger partial charge in [-0.15, -0.1) is 0 Å². The number of likely N-dealkylation sites (tertiary alicyclic amines) is 1. The summed E-state index contributed by atoms with van der Waals surface area (Å²) < 4.78 is 44.7. The van der Waals surface area contributed by atoms with E-state index in [1.54, 1.807) is 12.1 Å². The Morgan fingerprint density at radius 2 is 1.79 bits per heavy atom. The van der Waals surface area contributed by atoms with Crippen molar-refractivity contribution in [2.24, 2.45) is 0 Å². The lowest BCUT2D eigenvalue weighted by atomic mass is 9.95. The Bertz CT molecular complexity index is 2090. The molecule has 0 unspecified atom stereocenters. The van der Waals surface area contributed by atoms with Crippen LogP contribution in [0.2, 0.25) is 0 Å². The molecule has 3 atom stereocenters. The number of ether oxygens (including phenoxy) is 2. The van der Waals surface area contributed by atoms with E-state index in [0.717, 1.165) is 32.2 Å². The number of anilines is 1. The van der Waals surface area contributed by atoms with Gasteiger partial charge in [0.05, 0.1) is 5.56 Å². The van der Waals surface area contributed by atoms with Gasteiger partial charge in [-0.25, -0.2) is 8.78 Å². The van der Waals surface area contributed by atoms with Crippen molar-refractivity contribution in [3.8, 4) is 40.5 Å². The normalized spacial score (nSPS) is 20.8. The van der Waals surface area contributed by atoms with Crippen molar-refractivity contribution in [3.63, 3.8) is 0 Å². The Hall–Kier alpha value is -5.05. The number of phenols is 1. The van der Waals surface area contributed by atoms with Crippen LogP contribution in [-0.4, -0.2) is 71.4 Å². The number of rotatable bonds is 7. The van der Waals surface area contributed by atoms with E-state index in [2.05, 4.69) is 27.1 Å². The highest BCUT2D eigenvalue weighted by Crippen LogP contribution is 2.46. The number of aromatic hydroxyl groups is 1. The lowest BCUT2D eigenvalue weighted by molar-refractivity contribution is 0.188. The molecule has 4 heterocycles. The Balaban J connectivity index is 1.36. The highest BCUT2D eigenvalue weighted by atomic mass is 19.1. The molecule has 48 heavy (non-hydrogen) atoms. The van der Waals surface area contributed by atoms with Gasteiger partial charge in [-0.3, -0.25) is 0 Å². The number of nitrogens with zero attached hydrogens (tertiary/aromatic N) is 5. The van der Waals surface area contributed by atoms with Crippen molar-refractivity contribution in [1.82, 2.24) is 20.2 Å². The van der Waals surface area contributed by atoms with Crippen LogP contribution in [0.1, 0.15) is 31.2 Å².